The van der Waals surface area contributed by atoms with Crippen molar-refractivity contribution in [3.8, 4) is 0 Å². The zero-order valence-electron chi connectivity index (χ0n) is 14.1. The number of carbonyl (C=O) groups is 2. The highest BCUT2D eigenvalue weighted by molar-refractivity contribution is 8.15. The molecule has 1 aliphatic heterocycles. The molecule has 1 aliphatic carbocycles. The minimum Gasteiger partial charge on any atom is -0.458 e. The Morgan fingerprint density at radius 2 is 1.95 bits per heavy atom. The van der Waals surface area contributed by atoms with E-state index in [1.807, 2.05) is 26.8 Å². The number of fused-ring (bicyclic) bond motifs is 1. The highest BCUT2D eigenvalue weighted by Crippen LogP contribution is 2.57. The average molecular weight is 326 g/mol. The fraction of sp³-hybridized carbons (Fsp3) is 0.765. The third kappa shape index (κ3) is 2.62. The van der Waals surface area contributed by atoms with Crippen LogP contribution in [0.15, 0.2) is 11.6 Å². The fourth-order valence-corrected chi connectivity index (χ4v) is 5.51. The molecule has 1 N–H and O–H groups in total. The van der Waals surface area contributed by atoms with Gasteiger partial charge in [0.25, 0.3) is 0 Å². The van der Waals surface area contributed by atoms with Crippen LogP contribution in [0, 0.1) is 23.7 Å². The van der Waals surface area contributed by atoms with Crippen molar-refractivity contribution in [1.29, 1.82) is 0 Å². The lowest BCUT2D eigenvalue weighted by Gasteiger charge is -2.35. The van der Waals surface area contributed by atoms with Gasteiger partial charge in [0.1, 0.15) is 11.7 Å². The van der Waals surface area contributed by atoms with Crippen LogP contribution in [0.3, 0.4) is 0 Å². The molecule has 0 amide bonds. The number of allylic oxidation sites excluding steroid dienone is 1. The highest BCUT2D eigenvalue weighted by Gasteiger charge is 2.64. The van der Waals surface area contributed by atoms with Gasteiger partial charge in [-0.2, -0.15) is 0 Å². The topological polar surface area (TPSA) is 63.6 Å². The largest absolute Gasteiger partial charge is 0.458 e. The maximum Gasteiger partial charge on any atom is 0.308 e. The summed E-state index contributed by atoms with van der Waals surface area (Å²) in [6.07, 6.45) is 1.20. The van der Waals surface area contributed by atoms with E-state index in [9.17, 15) is 14.7 Å². The third-order valence-electron chi connectivity index (χ3n) is 4.87. The van der Waals surface area contributed by atoms with E-state index in [1.165, 1.54) is 11.8 Å². The molecule has 0 bridgehead atoms. The number of ether oxygens (including phenoxy) is 1. The van der Waals surface area contributed by atoms with Crippen LogP contribution < -0.4 is 0 Å². The second-order valence-corrected chi connectivity index (χ2v) is 8.30. The molecule has 0 aromatic rings. The Kier molecular flexibility index (Phi) is 4.79. The van der Waals surface area contributed by atoms with Gasteiger partial charge >= 0.3 is 5.97 Å². The molecule has 4 nitrogen and oxygen atoms in total. The zero-order valence-corrected chi connectivity index (χ0v) is 14.9. The van der Waals surface area contributed by atoms with Crippen LogP contribution in [-0.4, -0.2) is 33.1 Å². The summed E-state index contributed by atoms with van der Waals surface area (Å²) in [5.41, 5.74) is -0.368. The van der Waals surface area contributed by atoms with E-state index in [1.54, 1.807) is 20.8 Å². The van der Waals surface area contributed by atoms with Crippen LogP contribution in [0.2, 0.25) is 0 Å². The highest BCUT2D eigenvalue weighted by atomic mass is 32.2. The number of hydrogen-bond donors (Lipinski definition) is 1. The molecule has 0 aromatic carbocycles. The molecular weight excluding hydrogens is 300 g/mol. The van der Waals surface area contributed by atoms with E-state index in [2.05, 4.69) is 0 Å². The zero-order chi connectivity index (χ0) is 16.8. The molecule has 0 unspecified atom stereocenters. The first-order valence-electron chi connectivity index (χ1n) is 7.92. The Morgan fingerprint density at radius 3 is 2.41 bits per heavy atom. The monoisotopic (exact) mass is 326 g/mol. The molecule has 1 heterocycles. The van der Waals surface area contributed by atoms with E-state index in [0.717, 1.165) is 5.57 Å². The second kappa shape index (κ2) is 6.00. The van der Waals surface area contributed by atoms with Gasteiger partial charge in [0.15, 0.2) is 0 Å². The molecule has 0 spiro atoms. The summed E-state index contributed by atoms with van der Waals surface area (Å²) in [6, 6.07) is 0. The molecule has 1 saturated heterocycles. The summed E-state index contributed by atoms with van der Waals surface area (Å²) in [4.78, 5) is 24.3. The molecule has 5 heteroatoms. The van der Waals surface area contributed by atoms with E-state index < -0.39 is 11.7 Å². The molecule has 2 aliphatic rings. The molecule has 22 heavy (non-hydrogen) atoms. The molecule has 1 saturated carbocycles. The Balaban J connectivity index is 2.42. The number of hydrogen-bond acceptors (Lipinski definition) is 5. The summed E-state index contributed by atoms with van der Waals surface area (Å²) in [7, 11) is 0. The number of esters is 1. The minimum absolute atomic E-state index is 0.0456. The maximum absolute atomic E-state index is 12.2. The molecule has 124 valence electrons. The van der Waals surface area contributed by atoms with Crippen molar-refractivity contribution in [2.45, 2.75) is 58.5 Å². The average Bonchev–Trinajstić information content (AvgIpc) is 2.80. The first-order chi connectivity index (χ1) is 10.1. The van der Waals surface area contributed by atoms with E-state index in [4.69, 9.17) is 4.74 Å². The van der Waals surface area contributed by atoms with Gasteiger partial charge in [-0.05, 0) is 19.8 Å². The van der Waals surface area contributed by atoms with Gasteiger partial charge in [0.05, 0.1) is 11.2 Å². The fourth-order valence-electron chi connectivity index (χ4n) is 3.96. The molecule has 0 aromatic heterocycles. The normalized spacial score (nSPS) is 39.9. The predicted octanol–water partition coefficient (Wildman–Crippen LogP) is 2.80. The summed E-state index contributed by atoms with van der Waals surface area (Å²) in [5.74, 6) is -0.548. The first-order valence-corrected chi connectivity index (χ1v) is 8.80. The van der Waals surface area contributed by atoms with E-state index in [0.29, 0.717) is 0 Å². The molecule has 5 atom stereocenters. The Labute approximate surface area is 136 Å². The van der Waals surface area contributed by atoms with Gasteiger partial charge in [-0.1, -0.05) is 45.5 Å². The smallest absolute Gasteiger partial charge is 0.308 e. The molecule has 2 rings (SSSR count). The van der Waals surface area contributed by atoms with E-state index >= 15 is 0 Å². The van der Waals surface area contributed by atoms with Crippen LogP contribution in [0.4, 0.5) is 0 Å². The van der Waals surface area contributed by atoms with Crippen LogP contribution >= 0.6 is 11.8 Å². The Hall–Kier alpha value is -0.810. The number of carbonyl (C=O) groups excluding carboxylic acids is 2. The standard InChI is InChI=1S/C17H26O4S/c1-7-10-11-12(8(2)3)17(6,20)14(13(11)22-16(10)19)21-15(18)9(4)5/h7-9,11-14,20H,1-6H3/b10-7+/t11-,12+,13+,14+,17-/m1/s1. The van der Waals surface area contributed by atoms with Crippen molar-refractivity contribution in [3.63, 3.8) is 0 Å². The quantitative estimate of drug-likeness (QED) is 0.638. The van der Waals surface area contributed by atoms with Gasteiger partial charge in [-0.25, -0.2) is 0 Å². The first kappa shape index (κ1) is 17.5. The maximum atomic E-state index is 12.2. The van der Waals surface area contributed by atoms with Crippen LogP contribution in [0.5, 0.6) is 0 Å². The van der Waals surface area contributed by atoms with Crippen LogP contribution in [-0.2, 0) is 14.3 Å². The van der Waals surface area contributed by atoms with Gasteiger partial charge in [0.2, 0.25) is 5.12 Å². The van der Waals surface area contributed by atoms with Crippen molar-refractivity contribution in [2.24, 2.45) is 23.7 Å². The lowest BCUT2D eigenvalue weighted by molar-refractivity contribution is -0.167. The third-order valence-corrected chi connectivity index (χ3v) is 6.13. The summed E-state index contributed by atoms with van der Waals surface area (Å²) in [5, 5.41) is 10.9. The molecule has 2 fully saturated rings. The van der Waals surface area contributed by atoms with Crippen molar-refractivity contribution < 1.29 is 19.4 Å². The second-order valence-electron chi connectivity index (χ2n) is 7.15. The van der Waals surface area contributed by atoms with Crippen LogP contribution in [0.1, 0.15) is 41.5 Å². The van der Waals surface area contributed by atoms with Crippen LogP contribution in [0.25, 0.3) is 0 Å². The van der Waals surface area contributed by atoms with Crippen molar-refractivity contribution in [1.82, 2.24) is 0 Å². The number of aliphatic hydroxyl groups is 1. The number of rotatable bonds is 3. The molecular formula is C17H26O4S. The summed E-state index contributed by atoms with van der Waals surface area (Å²) < 4.78 is 5.63. The van der Waals surface area contributed by atoms with Gasteiger partial charge in [-0.3, -0.25) is 9.59 Å². The van der Waals surface area contributed by atoms with Crippen molar-refractivity contribution in [2.75, 3.05) is 0 Å². The van der Waals surface area contributed by atoms with Gasteiger partial charge in [0, 0.05) is 17.4 Å². The summed E-state index contributed by atoms with van der Waals surface area (Å²) in [6.45, 7) is 11.2. The predicted molar refractivity (Wildman–Crippen MR) is 87.3 cm³/mol. The van der Waals surface area contributed by atoms with Gasteiger partial charge in [-0.15, -0.1) is 0 Å². The Bertz CT molecular complexity index is 507. The van der Waals surface area contributed by atoms with E-state index in [-0.39, 0.29) is 40.0 Å². The summed E-state index contributed by atoms with van der Waals surface area (Å²) >= 11 is 1.21. The number of thioether (sulfide) groups is 1. The Morgan fingerprint density at radius 1 is 1.36 bits per heavy atom. The van der Waals surface area contributed by atoms with Crippen molar-refractivity contribution >= 4 is 22.8 Å². The lowest BCUT2D eigenvalue weighted by Crippen LogP contribution is -2.47. The van der Waals surface area contributed by atoms with Crippen molar-refractivity contribution in [3.05, 3.63) is 11.6 Å². The van der Waals surface area contributed by atoms with Gasteiger partial charge < -0.3 is 9.84 Å². The SMILES string of the molecule is C/C=C1/C(=O)S[C@H]2[C@H]1[C@H](C(C)C)[C@@](C)(O)[C@H]2OC(=O)C(C)C. The lowest BCUT2D eigenvalue weighted by atomic mass is 9.76. The molecule has 0 radical (unpaired) electrons. The minimum atomic E-state index is -1.13.